The Hall–Kier alpha value is -2.31. The van der Waals surface area contributed by atoms with Gasteiger partial charge in [0, 0.05) is 4.91 Å². The third kappa shape index (κ3) is 3.96. The molecule has 4 nitrogen and oxygen atoms in total. The second kappa shape index (κ2) is 7.51. The molecule has 24 heavy (non-hydrogen) atoms. The Morgan fingerprint density at radius 3 is 2.88 bits per heavy atom. The molecule has 1 N–H and O–H groups in total. The molecule has 0 fully saturated rings. The Labute approximate surface area is 147 Å². The molecule has 0 amide bonds. The molecule has 6 heteroatoms. The first-order valence-corrected chi connectivity index (χ1v) is 9.02. The van der Waals surface area contributed by atoms with E-state index in [0.29, 0.717) is 0 Å². The molecule has 0 saturated heterocycles. The lowest BCUT2D eigenvalue weighted by atomic mass is 10.2. The van der Waals surface area contributed by atoms with E-state index < -0.39 is 5.97 Å². The molecule has 0 radical (unpaired) electrons. The summed E-state index contributed by atoms with van der Waals surface area (Å²) in [5, 5.41) is 9.84. The first kappa shape index (κ1) is 16.5. The van der Waals surface area contributed by atoms with E-state index in [-0.39, 0.29) is 5.75 Å². The van der Waals surface area contributed by atoms with Gasteiger partial charge in [0.25, 0.3) is 0 Å². The number of carboxylic acids is 1. The van der Waals surface area contributed by atoms with Crippen LogP contribution in [-0.4, -0.2) is 28.9 Å². The van der Waals surface area contributed by atoms with Crippen LogP contribution in [0.3, 0.4) is 0 Å². The van der Waals surface area contributed by atoms with Crippen LogP contribution in [0.5, 0.6) is 5.75 Å². The highest BCUT2D eigenvalue weighted by Crippen LogP contribution is 2.35. The van der Waals surface area contributed by atoms with E-state index in [2.05, 4.69) is 4.98 Å². The second-order valence-corrected chi connectivity index (χ2v) is 7.00. The summed E-state index contributed by atoms with van der Waals surface area (Å²) in [6.45, 7) is 0. The van der Waals surface area contributed by atoms with E-state index in [1.54, 1.807) is 18.4 Å². The van der Waals surface area contributed by atoms with Gasteiger partial charge in [-0.15, -0.1) is 23.1 Å². The van der Waals surface area contributed by atoms with Crippen molar-refractivity contribution in [3.05, 3.63) is 59.1 Å². The number of hydrogen-bond acceptors (Lipinski definition) is 5. The molecular weight excluding hydrogens is 342 g/mol. The van der Waals surface area contributed by atoms with Gasteiger partial charge in [-0.2, -0.15) is 0 Å². The fraction of sp³-hybridized carbons (Fsp3) is 0.111. The summed E-state index contributed by atoms with van der Waals surface area (Å²) in [4.78, 5) is 16.4. The maximum atomic E-state index is 11.0. The quantitative estimate of drug-likeness (QED) is 0.697. The standard InChI is InChI=1S/C18H15NO3S2/c1-22-13-6-4-5-12(9-13)10-16(23-11-17(20)21)18-19-14-7-2-3-8-15(14)24-18/h2-10H,11H2,1H3,(H,20,21)/b16-10+. The summed E-state index contributed by atoms with van der Waals surface area (Å²) in [5.74, 6) is -0.0978. The molecule has 122 valence electrons. The van der Waals surface area contributed by atoms with Gasteiger partial charge in [0.15, 0.2) is 0 Å². The topological polar surface area (TPSA) is 59.4 Å². The molecule has 0 aliphatic rings. The van der Waals surface area contributed by atoms with Gasteiger partial charge in [-0.3, -0.25) is 4.79 Å². The Morgan fingerprint density at radius 1 is 1.29 bits per heavy atom. The Balaban J connectivity index is 2.01. The van der Waals surface area contributed by atoms with Gasteiger partial charge in [-0.25, -0.2) is 4.98 Å². The van der Waals surface area contributed by atoms with E-state index in [4.69, 9.17) is 9.84 Å². The number of carboxylic acid groups (broad SMARTS) is 1. The van der Waals surface area contributed by atoms with Gasteiger partial charge in [0.2, 0.25) is 0 Å². The van der Waals surface area contributed by atoms with Crippen LogP contribution in [0.4, 0.5) is 0 Å². The van der Waals surface area contributed by atoms with Crippen LogP contribution in [0.2, 0.25) is 0 Å². The fourth-order valence-corrected chi connectivity index (χ4v) is 4.01. The van der Waals surface area contributed by atoms with Crippen molar-refractivity contribution in [1.82, 2.24) is 4.98 Å². The van der Waals surface area contributed by atoms with Crippen molar-refractivity contribution >= 4 is 50.3 Å². The smallest absolute Gasteiger partial charge is 0.313 e. The molecule has 3 rings (SSSR count). The highest BCUT2D eigenvalue weighted by molar-refractivity contribution is 8.09. The number of benzene rings is 2. The van der Waals surface area contributed by atoms with Crippen LogP contribution in [0.1, 0.15) is 10.6 Å². The second-order valence-electron chi connectivity index (χ2n) is 4.95. The predicted octanol–water partition coefficient (Wildman–Crippen LogP) is 4.62. The van der Waals surface area contributed by atoms with Crippen LogP contribution in [0, 0.1) is 0 Å². The number of ether oxygens (including phenoxy) is 1. The van der Waals surface area contributed by atoms with Crippen molar-refractivity contribution in [2.75, 3.05) is 12.9 Å². The van der Waals surface area contributed by atoms with Crippen LogP contribution in [0.25, 0.3) is 21.2 Å². The molecular formula is C18H15NO3S2. The van der Waals surface area contributed by atoms with Crippen molar-refractivity contribution in [2.24, 2.45) is 0 Å². The maximum absolute atomic E-state index is 11.0. The van der Waals surface area contributed by atoms with Crippen LogP contribution < -0.4 is 4.74 Å². The molecule has 0 unspecified atom stereocenters. The van der Waals surface area contributed by atoms with E-state index in [9.17, 15) is 4.79 Å². The van der Waals surface area contributed by atoms with Gasteiger partial charge < -0.3 is 9.84 Å². The molecule has 0 bridgehead atoms. The number of hydrogen-bond donors (Lipinski definition) is 1. The lowest BCUT2D eigenvalue weighted by Gasteiger charge is -2.04. The number of fused-ring (bicyclic) bond motifs is 1. The number of aliphatic carboxylic acids is 1. The number of carbonyl (C=O) groups is 1. The molecule has 0 spiro atoms. The number of thiazole rings is 1. The maximum Gasteiger partial charge on any atom is 0.313 e. The predicted molar refractivity (Wildman–Crippen MR) is 101 cm³/mol. The number of methoxy groups -OCH3 is 1. The molecule has 0 atom stereocenters. The summed E-state index contributed by atoms with van der Waals surface area (Å²) < 4.78 is 6.33. The molecule has 1 aromatic heterocycles. The third-order valence-electron chi connectivity index (χ3n) is 3.25. The molecule has 1 heterocycles. The lowest BCUT2D eigenvalue weighted by molar-refractivity contribution is -0.133. The number of aromatic nitrogens is 1. The monoisotopic (exact) mass is 357 g/mol. The average Bonchev–Trinajstić information content (AvgIpc) is 3.02. The van der Waals surface area contributed by atoms with Crippen molar-refractivity contribution in [1.29, 1.82) is 0 Å². The summed E-state index contributed by atoms with van der Waals surface area (Å²) in [6, 6.07) is 15.5. The van der Waals surface area contributed by atoms with Gasteiger partial charge in [-0.05, 0) is 35.9 Å². The lowest BCUT2D eigenvalue weighted by Crippen LogP contribution is -1.98. The van der Waals surface area contributed by atoms with Crippen LogP contribution in [0.15, 0.2) is 48.5 Å². The van der Waals surface area contributed by atoms with E-state index in [0.717, 1.165) is 31.4 Å². The summed E-state index contributed by atoms with van der Waals surface area (Å²) >= 11 is 2.84. The van der Waals surface area contributed by atoms with Gasteiger partial charge in [0.1, 0.15) is 10.8 Å². The van der Waals surface area contributed by atoms with E-state index in [1.807, 2.05) is 54.6 Å². The molecule has 3 aromatic rings. The van der Waals surface area contributed by atoms with Crippen LogP contribution in [-0.2, 0) is 4.79 Å². The van der Waals surface area contributed by atoms with Gasteiger partial charge in [-0.1, -0.05) is 24.3 Å². The number of nitrogens with zero attached hydrogens (tertiary/aromatic N) is 1. The van der Waals surface area contributed by atoms with Crippen molar-refractivity contribution in [3.63, 3.8) is 0 Å². The van der Waals surface area contributed by atoms with Crippen molar-refractivity contribution in [2.45, 2.75) is 0 Å². The largest absolute Gasteiger partial charge is 0.497 e. The number of para-hydroxylation sites is 1. The SMILES string of the molecule is COc1cccc(/C=C(/SCC(=O)O)c2nc3ccccc3s2)c1. The first-order chi connectivity index (χ1) is 11.7. The van der Waals surface area contributed by atoms with Gasteiger partial charge >= 0.3 is 5.97 Å². The summed E-state index contributed by atoms with van der Waals surface area (Å²) in [5.41, 5.74) is 1.87. The highest BCUT2D eigenvalue weighted by Gasteiger charge is 2.12. The summed E-state index contributed by atoms with van der Waals surface area (Å²) in [7, 11) is 1.62. The minimum atomic E-state index is -0.849. The fourth-order valence-electron chi connectivity index (χ4n) is 2.16. The van der Waals surface area contributed by atoms with Crippen molar-refractivity contribution in [3.8, 4) is 5.75 Å². The Morgan fingerprint density at radius 2 is 2.12 bits per heavy atom. The van der Waals surface area contributed by atoms with E-state index in [1.165, 1.54) is 11.8 Å². The molecule has 0 aliphatic carbocycles. The molecule has 0 aliphatic heterocycles. The van der Waals surface area contributed by atoms with Crippen molar-refractivity contribution < 1.29 is 14.6 Å². The minimum Gasteiger partial charge on any atom is -0.497 e. The minimum absolute atomic E-state index is 0.00821. The molecule has 2 aromatic carbocycles. The molecule has 0 saturated carbocycles. The van der Waals surface area contributed by atoms with Crippen LogP contribution >= 0.6 is 23.1 Å². The average molecular weight is 357 g/mol. The number of rotatable bonds is 6. The zero-order chi connectivity index (χ0) is 16.9. The number of thioether (sulfide) groups is 1. The zero-order valence-electron chi connectivity index (χ0n) is 12.9. The highest BCUT2D eigenvalue weighted by atomic mass is 32.2. The Kier molecular flexibility index (Phi) is 5.17. The normalized spacial score (nSPS) is 11.6. The first-order valence-electron chi connectivity index (χ1n) is 7.22. The van der Waals surface area contributed by atoms with Gasteiger partial charge in [0.05, 0.1) is 23.1 Å². The summed E-state index contributed by atoms with van der Waals surface area (Å²) in [6.07, 6.45) is 1.95. The third-order valence-corrected chi connectivity index (χ3v) is 5.46. The van der Waals surface area contributed by atoms with E-state index >= 15 is 0 Å². The zero-order valence-corrected chi connectivity index (χ0v) is 14.6. The Bertz CT molecular complexity index is 869.